The van der Waals surface area contributed by atoms with Crippen LogP contribution < -0.4 is 5.32 Å². The monoisotopic (exact) mass is 313 g/mol. The summed E-state index contributed by atoms with van der Waals surface area (Å²) in [6.45, 7) is 7.02. The summed E-state index contributed by atoms with van der Waals surface area (Å²) >= 11 is 5.64. The summed E-state index contributed by atoms with van der Waals surface area (Å²) in [4.78, 5) is 22.2. The van der Waals surface area contributed by atoms with Gasteiger partial charge in [0.15, 0.2) is 0 Å². The minimum atomic E-state index is -0.880. The van der Waals surface area contributed by atoms with Gasteiger partial charge in [-0.25, -0.2) is 4.79 Å². The fourth-order valence-corrected chi connectivity index (χ4v) is 2.18. The minimum Gasteiger partial charge on any atom is -0.467 e. The molecule has 0 aliphatic heterocycles. The third-order valence-corrected chi connectivity index (χ3v) is 3.05. The summed E-state index contributed by atoms with van der Waals surface area (Å²) in [6.07, 6.45) is 1.39. The summed E-state index contributed by atoms with van der Waals surface area (Å²) in [5, 5.41) is 3.40. The Kier molecular flexibility index (Phi) is 8.70. The predicted molar refractivity (Wildman–Crippen MR) is 85.3 cm³/mol. The number of hydrogen-bond acceptors (Lipinski definition) is 3. The van der Waals surface area contributed by atoms with Crippen LogP contribution in [-0.4, -0.2) is 24.5 Å². The molecule has 0 heterocycles. The van der Waals surface area contributed by atoms with Crippen molar-refractivity contribution in [1.82, 2.24) is 5.32 Å². The molecule has 0 saturated heterocycles. The van der Waals surface area contributed by atoms with Crippen molar-refractivity contribution in [3.8, 4) is 0 Å². The quantitative estimate of drug-likeness (QED) is 0.866. The summed E-state index contributed by atoms with van der Waals surface area (Å²) < 4.78 is 4.62. The van der Waals surface area contributed by atoms with E-state index in [-0.39, 0.29) is 5.91 Å². The molecule has 0 radical (unpaired) electrons. The zero-order valence-electron chi connectivity index (χ0n) is 13.3. The molecule has 1 aromatic rings. The van der Waals surface area contributed by atoms with Crippen molar-refractivity contribution in [1.29, 1.82) is 0 Å². The molecule has 1 rings (SSSR count). The lowest BCUT2D eigenvalue weighted by atomic mass is 9.96. The van der Waals surface area contributed by atoms with Crippen LogP contribution in [0.4, 0.5) is 0 Å². The number of methoxy groups -OCH3 is 1. The average Bonchev–Trinajstić information content (AvgIpc) is 2.37. The largest absolute Gasteiger partial charge is 0.467 e. The van der Waals surface area contributed by atoms with Crippen LogP contribution in [0.5, 0.6) is 0 Å². The fraction of sp³-hybridized carbons (Fsp3) is 0.500. The maximum absolute atomic E-state index is 11.3. The summed E-state index contributed by atoms with van der Waals surface area (Å²) in [5.74, 6) is -0.620. The SMILES string of the molecule is CCCC(C)(NC(C)=O)C(=O)OC.Cc1cccc(Cl)c1. The van der Waals surface area contributed by atoms with E-state index in [1.807, 2.05) is 38.1 Å². The summed E-state index contributed by atoms with van der Waals surface area (Å²) in [5.41, 5.74) is 0.326. The number of esters is 1. The molecule has 118 valence electrons. The molecule has 0 fully saturated rings. The van der Waals surface area contributed by atoms with Crippen LogP contribution in [0.25, 0.3) is 0 Å². The maximum atomic E-state index is 11.3. The van der Waals surface area contributed by atoms with Gasteiger partial charge in [-0.05, 0) is 38.0 Å². The lowest BCUT2D eigenvalue weighted by molar-refractivity contribution is -0.150. The second-order valence-electron chi connectivity index (χ2n) is 5.05. The normalized spacial score (nSPS) is 12.5. The van der Waals surface area contributed by atoms with E-state index in [1.54, 1.807) is 6.92 Å². The van der Waals surface area contributed by atoms with E-state index in [1.165, 1.54) is 19.6 Å². The zero-order valence-corrected chi connectivity index (χ0v) is 14.1. The van der Waals surface area contributed by atoms with Gasteiger partial charge in [-0.1, -0.05) is 37.1 Å². The Morgan fingerprint density at radius 1 is 1.38 bits per heavy atom. The van der Waals surface area contributed by atoms with Crippen LogP contribution in [0.3, 0.4) is 0 Å². The first kappa shape index (κ1) is 19.4. The molecule has 0 spiro atoms. The van der Waals surface area contributed by atoms with Crippen molar-refractivity contribution in [3.63, 3.8) is 0 Å². The molecule has 0 bridgehead atoms. The van der Waals surface area contributed by atoms with Gasteiger partial charge in [0.2, 0.25) is 5.91 Å². The molecule has 1 unspecified atom stereocenters. The topological polar surface area (TPSA) is 55.4 Å². The molecule has 1 N–H and O–H groups in total. The third-order valence-electron chi connectivity index (χ3n) is 2.82. The number of carbonyl (C=O) groups is 2. The molecule has 21 heavy (non-hydrogen) atoms. The highest BCUT2D eigenvalue weighted by molar-refractivity contribution is 6.30. The van der Waals surface area contributed by atoms with Gasteiger partial charge in [0, 0.05) is 11.9 Å². The van der Waals surface area contributed by atoms with Crippen LogP contribution in [-0.2, 0) is 14.3 Å². The number of halogens is 1. The number of aryl methyl sites for hydroxylation is 1. The number of benzene rings is 1. The molecule has 0 aliphatic rings. The molecule has 1 atom stereocenters. The van der Waals surface area contributed by atoms with E-state index < -0.39 is 11.5 Å². The number of amides is 1. The van der Waals surface area contributed by atoms with Crippen LogP contribution >= 0.6 is 11.6 Å². The third kappa shape index (κ3) is 7.71. The second-order valence-corrected chi connectivity index (χ2v) is 5.49. The minimum absolute atomic E-state index is 0.221. The molecule has 4 nitrogen and oxygen atoms in total. The van der Waals surface area contributed by atoms with Crippen LogP contribution in [0.15, 0.2) is 24.3 Å². The Labute approximate surface area is 131 Å². The standard InChI is InChI=1S/C9H17NO3.C7H7Cl/c1-5-6-9(3,8(12)13-4)10-7(2)11;1-6-3-2-4-7(8)5-6/h5-6H2,1-4H3,(H,10,11);2-5H,1H3. The Bertz CT molecular complexity index is 459. The first-order chi connectivity index (χ1) is 9.75. The van der Waals surface area contributed by atoms with Gasteiger partial charge in [-0.15, -0.1) is 0 Å². The van der Waals surface area contributed by atoms with E-state index >= 15 is 0 Å². The van der Waals surface area contributed by atoms with Gasteiger partial charge in [0.05, 0.1) is 7.11 Å². The molecule has 0 saturated carbocycles. The lowest BCUT2D eigenvalue weighted by Gasteiger charge is -2.26. The van der Waals surface area contributed by atoms with E-state index in [0.717, 1.165) is 11.4 Å². The molecular formula is C16H24ClNO3. The highest BCUT2D eigenvalue weighted by atomic mass is 35.5. The molecule has 1 amide bonds. The highest BCUT2D eigenvalue weighted by Gasteiger charge is 2.33. The average molecular weight is 314 g/mol. The predicted octanol–water partition coefficient (Wildman–Crippen LogP) is 3.50. The first-order valence-electron chi connectivity index (χ1n) is 6.84. The Morgan fingerprint density at radius 3 is 2.33 bits per heavy atom. The van der Waals surface area contributed by atoms with Crippen molar-refractivity contribution in [2.24, 2.45) is 0 Å². The highest BCUT2D eigenvalue weighted by Crippen LogP contribution is 2.13. The van der Waals surface area contributed by atoms with Gasteiger partial charge in [0.25, 0.3) is 0 Å². The van der Waals surface area contributed by atoms with Gasteiger partial charge >= 0.3 is 5.97 Å². The van der Waals surface area contributed by atoms with E-state index in [0.29, 0.717) is 6.42 Å². The molecular weight excluding hydrogens is 290 g/mol. The summed E-state index contributed by atoms with van der Waals surface area (Å²) in [7, 11) is 1.32. The molecule has 0 aromatic heterocycles. The molecule has 5 heteroatoms. The van der Waals surface area contributed by atoms with E-state index in [4.69, 9.17) is 11.6 Å². The first-order valence-corrected chi connectivity index (χ1v) is 7.22. The van der Waals surface area contributed by atoms with Gasteiger partial charge in [0.1, 0.15) is 5.54 Å². The Balaban J connectivity index is 0.000000423. The van der Waals surface area contributed by atoms with E-state index in [9.17, 15) is 9.59 Å². The number of carbonyl (C=O) groups excluding carboxylic acids is 2. The lowest BCUT2D eigenvalue weighted by Crippen LogP contribution is -2.52. The van der Waals surface area contributed by atoms with Crippen LogP contribution in [0.1, 0.15) is 39.2 Å². The molecule has 1 aromatic carbocycles. The van der Waals surface area contributed by atoms with Crippen molar-refractivity contribution in [3.05, 3.63) is 34.9 Å². The maximum Gasteiger partial charge on any atom is 0.331 e. The number of nitrogens with one attached hydrogen (secondary N) is 1. The van der Waals surface area contributed by atoms with Crippen molar-refractivity contribution < 1.29 is 14.3 Å². The fourth-order valence-electron chi connectivity index (χ4n) is 1.93. The number of ether oxygens (including phenoxy) is 1. The number of hydrogen-bond donors (Lipinski definition) is 1. The van der Waals surface area contributed by atoms with Gasteiger partial charge < -0.3 is 10.1 Å². The number of rotatable bonds is 4. The van der Waals surface area contributed by atoms with Crippen LogP contribution in [0, 0.1) is 6.92 Å². The van der Waals surface area contributed by atoms with Crippen molar-refractivity contribution in [2.75, 3.05) is 7.11 Å². The van der Waals surface area contributed by atoms with E-state index in [2.05, 4.69) is 10.1 Å². The van der Waals surface area contributed by atoms with Gasteiger partial charge in [-0.3, -0.25) is 4.79 Å². The molecule has 0 aliphatic carbocycles. The Hall–Kier alpha value is -1.55. The van der Waals surface area contributed by atoms with Crippen molar-refractivity contribution in [2.45, 2.75) is 46.1 Å². The van der Waals surface area contributed by atoms with Gasteiger partial charge in [-0.2, -0.15) is 0 Å². The zero-order chi connectivity index (χ0) is 16.5. The Morgan fingerprint density at radius 2 is 2.00 bits per heavy atom. The summed E-state index contributed by atoms with van der Waals surface area (Å²) in [6, 6.07) is 7.76. The van der Waals surface area contributed by atoms with Crippen molar-refractivity contribution >= 4 is 23.5 Å². The smallest absolute Gasteiger partial charge is 0.331 e. The van der Waals surface area contributed by atoms with Crippen LogP contribution in [0.2, 0.25) is 5.02 Å². The second kappa shape index (κ2) is 9.40.